The Morgan fingerprint density at radius 1 is 1.09 bits per heavy atom. The minimum absolute atomic E-state index is 0.226. The molecule has 0 fully saturated rings. The monoisotopic (exact) mass is 473 g/mol. The van der Waals surface area contributed by atoms with Crippen LogP contribution in [0.25, 0.3) is 11.1 Å². The lowest BCUT2D eigenvalue weighted by molar-refractivity contribution is 0.0977. The first-order chi connectivity index (χ1) is 16.5. The molecular formula is C27H27N3O3S. The van der Waals surface area contributed by atoms with E-state index in [-0.39, 0.29) is 11.0 Å². The number of aromatic nitrogens is 1. The summed E-state index contributed by atoms with van der Waals surface area (Å²) in [5.41, 5.74) is 5.13. The number of nitrogens with one attached hydrogen (secondary N) is 2. The molecule has 6 nitrogen and oxygen atoms in total. The minimum atomic E-state index is -0.291. The molecule has 0 atom stereocenters. The van der Waals surface area contributed by atoms with Crippen LogP contribution < -0.4 is 15.4 Å². The number of hydrogen-bond donors (Lipinski definition) is 2. The molecule has 174 valence electrons. The van der Waals surface area contributed by atoms with Crippen molar-refractivity contribution in [3.05, 3.63) is 89.3 Å². The number of carbonyl (C=O) groups excluding carboxylic acids is 1. The fourth-order valence-electron chi connectivity index (χ4n) is 3.44. The maximum absolute atomic E-state index is 12.6. The average molecular weight is 474 g/mol. The van der Waals surface area contributed by atoms with Gasteiger partial charge in [0.25, 0.3) is 5.91 Å². The number of fused-ring (bicyclic) bond motifs is 1. The molecule has 4 rings (SSSR count). The number of oxazole rings is 1. The van der Waals surface area contributed by atoms with Gasteiger partial charge in [-0.1, -0.05) is 37.6 Å². The number of benzene rings is 3. The number of ether oxygens (including phenoxy) is 1. The first-order valence-corrected chi connectivity index (χ1v) is 11.7. The van der Waals surface area contributed by atoms with Gasteiger partial charge in [-0.15, -0.1) is 0 Å². The van der Waals surface area contributed by atoms with Crippen molar-refractivity contribution in [2.45, 2.75) is 33.1 Å². The fraction of sp³-hybridized carbons (Fsp3) is 0.222. The number of rotatable bonds is 8. The number of nitrogens with zero attached hydrogens (tertiary/aromatic N) is 1. The van der Waals surface area contributed by atoms with Crippen molar-refractivity contribution < 1.29 is 13.9 Å². The Labute approximate surface area is 204 Å². The first-order valence-electron chi connectivity index (χ1n) is 11.3. The van der Waals surface area contributed by atoms with Gasteiger partial charge in [0.2, 0.25) is 0 Å². The Bertz CT molecular complexity index is 1300. The fourth-order valence-corrected chi connectivity index (χ4v) is 3.65. The highest BCUT2D eigenvalue weighted by Gasteiger charge is 2.10. The van der Waals surface area contributed by atoms with Crippen LogP contribution in [0, 0.1) is 6.92 Å². The van der Waals surface area contributed by atoms with E-state index >= 15 is 0 Å². The zero-order valence-corrected chi connectivity index (χ0v) is 20.1. The van der Waals surface area contributed by atoms with Crippen LogP contribution in [0.2, 0.25) is 0 Å². The van der Waals surface area contributed by atoms with E-state index in [2.05, 4.69) is 22.5 Å². The topological polar surface area (TPSA) is 76.4 Å². The highest BCUT2D eigenvalue weighted by Crippen LogP contribution is 2.20. The molecule has 0 saturated carbocycles. The largest absolute Gasteiger partial charge is 0.494 e. The summed E-state index contributed by atoms with van der Waals surface area (Å²) in [6, 6.07) is 20.8. The summed E-state index contributed by atoms with van der Waals surface area (Å²) in [4.78, 5) is 17.1. The zero-order valence-electron chi connectivity index (χ0n) is 19.3. The van der Waals surface area contributed by atoms with Gasteiger partial charge in [-0.3, -0.25) is 10.1 Å². The minimum Gasteiger partial charge on any atom is -0.494 e. The van der Waals surface area contributed by atoms with E-state index in [1.54, 1.807) is 18.2 Å². The van der Waals surface area contributed by atoms with E-state index in [9.17, 15) is 4.79 Å². The second-order valence-corrected chi connectivity index (χ2v) is 8.50. The summed E-state index contributed by atoms with van der Waals surface area (Å²) >= 11 is 5.32. The van der Waals surface area contributed by atoms with Crippen molar-refractivity contribution in [3.63, 3.8) is 0 Å². The Hall–Kier alpha value is -3.71. The van der Waals surface area contributed by atoms with Gasteiger partial charge < -0.3 is 14.5 Å². The Morgan fingerprint density at radius 2 is 1.91 bits per heavy atom. The number of amides is 1. The lowest BCUT2D eigenvalue weighted by Crippen LogP contribution is -2.34. The molecule has 0 aliphatic rings. The predicted octanol–water partition coefficient (Wildman–Crippen LogP) is 6.03. The third kappa shape index (κ3) is 6.20. The van der Waals surface area contributed by atoms with Crippen molar-refractivity contribution in [1.82, 2.24) is 10.3 Å². The van der Waals surface area contributed by atoms with Crippen molar-refractivity contribution >= 4 is 40.0 Å². The Balaban J connectivity index is 1.31. The smallest absolute Gasteiger partial charge is 0.257 e. The van der Waals surface area contributed by atoms with E-state index in [0.717, 1.165) is 40.8 Å². The average Bonchev–Trinajstić information content (AvgIpc) is 3.22. The van der Waals surface area contributed by atoms with Gasteiger partial charge >= 0.3 is 0 Å². The number of unbranched alkanes of at least 4 members (excludes halogenated alkanes) is 1. The maximum atomic E-state index is 12.6. The van der Waals surface area contributed by atoms with Crippen molar-refractivity contribution in [2.75, 3.05) is 11.9 Å². The molecular weight excluding hydrogens is 446 g/mol. The summed E-state index contributed by atoms with van der Waals surface area (Å²) in [5, 5.41) is 5.99. The van der Waals surface area contributed by atoms with Crippen LogP contribution in [-0.4, -0.2) is 22.6 Å². The summed E-state index contributed by atoms with van der Waals surface area (Å²) < 4.78 is 11.5. The van der Waals surface area contributed by atoms with Gasteiger partial charge in [0.1, 0.15) is 11.3 Å². The van der Waals surface area contributed by atoms with E-state index in [1.165, 1.54) is 0 Å². The van der Waals surface area contributed by atoms with E-state index in [1.807, 2.05) is 55.5 Å². The Morgan fingerprint density at radius 3 is 2.71 bits per heavy atom. The summed E-state index contributed by atoms with van der Waals surface area (Å²) in [7, 11) is 0. The molecule has 1 amide bonds. The molecule has 0 aliphatic heterocycles. The number of aryl methyl sites for hydroxylation is 1. The number of carbonyl (C=O) groups is 1. The maximum Gasteiger partial charge on any atom is 0.257 e. The molecule has 0 spiro atoms. The molecule has 0 radical (unpaired) electrons. The van der Waals surface area contributed by atoms with Crippen LogP contribution in [-0.2, 0) is 6.42 Å². The molecule has 0 unspecified atom stereocenters. The normalized spacial score (nSPS) is 10.8. The number of anilines is 1. The molecule has 0 aliphatic carbocycles. The second kappa shape index (κ2) is 10.9. The summed E-state index contributed by atoms with van der Waals surface area (Å²) in [6.07, 6.45) is 2.61. The third-order valence-electron chi connectivity index (χ3n) is 5.24. The Kier molecular flexibility index (Phi) is 7.54. The zero-order chi connectivity index (χ0) is 23.9. The highest BCUT2D eigenvalue weighted by atomic mass is 32.1. The molecule has 7 heteroatoms. The standard InChI is InChI=1S/C27H27N3O3S/c1-3-4-14-32-22-7-5-6-20(17-22)26(31)30-27(34)28-21-11-9-19(10-12-21)16-25-29-23-15-18(2)8-13-24(23)33-25/h5-13,15,17H,3-4,14,16H2,1-2H3,(H2,28,30,31,34). The van der Waals surface area contributed by atoms with E-state index in [4.69, 9.17) is 21.4 Å². The van der Waals surface area contributed by atoms with Gasteiger partial charge in [-0.2, -0.15) is 0 Å². The van der Waals surface area contributed by atoms with Crippen molar-refractivity contribution in [1.29, 1.82) is 0 Å². The number of thiocarbonyl (C=S) groups is 1. The second-order valence-electron chi connectivity index (χ2n) is 8.09. The first kappa shape index (κ1) is 23.4. The van der Waals surface area contributed by atoms with Crippen LogP contribution in [0.1, 0.15) is 47.1 Å². The van der Waals surface area contributed by atoms with Gasteiger partial charge in [0, 0.05) is 17.7 Å². The molecule has 3 aromatic carbocycles. The summed E-state index contributed by atoms with van der Waals surface area (Å²) in [6.45, 7) is 4.77. The van der Waals surface area contributed by atoms with Crippen molar-refractivity contribution in [3.8, 4) is 5.75 Å². The molecule has 2 N–H and O–H groups in total. The van der Waals surface area contributed by atoms with Crippen LogP contribution in [0.4, 0.5) is 5.69 Å². The van der Waals surface area contributed by atoms with Crippen LogP contribution in [0.3, 0.4) is 0 Å². The molecule has 34 heavy (non-hydrogen) atoms. The lowest BCUT2D eigenvalue weighted by atomic mass is 10.1. The highest BCUT2D eigenvalue weighted by molar-refractivity contribution is 7.80. The lowest BCUT2D eigenvalue weighted by Gasteiger charge is -2.11. The molecule has 4 aromatic rings. The van der Waals surface area contributed by atoms with Gasteiger partial charge in [-0.05, 0) is 79.2 Å². The predicted molar refractivity (Wildman–Crippen MR) is 139 cm³/mol. The molecule has 1 aromatic heterocycles. The van der Waals surface area contributed by atoms with E-state index in [0.29, 0.717) is 30.2 Å². The third-order valence-corrected chi connectivity index (χ3v) is 5.45. The van der Waals surface area contributed by atoms with Gasteiger partial charge in [-0.25, -0.2) is 4.98 Å². The quantitative estimate of drug-likeness (QED) is 0.240. The van der Waals surface area contributed by atoms with Crippen molar-refractivity contribution in [2.24, 2.45) is 0 Å². The SMILES string of the molecule is CCCCOc1cccc(C(=O)NC(=S)Nc2ccc(Cc3nc4cc(C)ccc4o3)cc2)c1. The van der Waals surface area contributed by atoms with Gasteiger partial charge in [0.15, 0.2) is 16.6 Å². The van der Waals surface area contributed by atoms with Crippen LogP contribution in [0.5, 0.6) is 5.75 Å². The van der Waals surface area contributed by atoms with Gasteiger partial charge in [0.05, 0.1) is 6.61 Å². The molecule has 0 bridgehead atoms. The summed E-state index contributed by atoms with van der Waals surface area (Å²) in [5.74, 6) is 1.05. The van der Waals surface area contributed by atoms with E-state index < -0.39 is 0 Å². The van der Waals surface area contributed by atoms with Crippen LogP contribution in [0.15, 0.2) is 71.1 Å². The number of hydrogen-bond acceptors (Lipinski definition) is 5. The van der Waals surface area contributed by atoms with Crippen LogP contribution >= 0.6 is 12.2 Å². The molecule has 0 saturated heterocycles. The molecule has 1 heterocycles.